The minimum Gasteiger partial charge on any atom is -0.464 e. The van der Waals surface area contributed by atoms with Crippen molar-refractivity contribution in [3.05, 3.63) is 83.4 Å². The lowest BCUT2D eigenvalue weighted by atomic mass is 9.98. The molecule has 5 rings (SSSR count). The number of benzene rings is 2. The topological polar surface area (TPSA) is 60.5 Å². The summed E-state index contributed by atoms with van der Waals surface area (Å²) in [7, 11) is 0. The number of carbonyl (C=O) groups excluding carboxylic acids is 1. The van der Waals surface area contributed by atoms with Gasteiger partial charge in [0.25, 0.3) is 5.91 Å². The molecular weight excluding hydrogens is 402 g/mol. The van der Waals surface area contributed by atoms with E-state index in [1.807, 2.05) is 59.8 Å². The third-order valence-corrected chi connectivity index (χ3v) is 6.02. The van der Waals surface area contributed by atoms with E-state index in [9.17, 15) is 4.79 Å². The van der Waals surface area contributed by atoms with Crippen molar-refractivity contribution in [3.8, 4) is 5.69 Å². The van der Waals surface area contributed by atoms with Gasteiger partial charge in [-0.3, -0.25) is 4.79 Å². The number of rotatable bonds is 4. The highest BCUT2D eigenvalue weighted by Gasteiger charge is 2.24. The number of fused-ring (bicyclic) bond motifs is 1. The largest absolute Gasteiger partial charge is 0.464 e. The number of aromatic nitrogens is 2. The maximum Gasteiger partial charge on any atom is 0.254 e. The van der Waals surface area contributed by atoms with Gasteiger partial charge in [-0.2, -0.15) is 5.10 Å². The van der Waals surface area contributed by atoms with Crippen molar-refractivity contribution in [3.63, 3.8) is 0 Å². The quantitative estimate of drug-likeness (QED) is 0.477. The molecule has 1 aliphatic heterocycles. The molecular formula is C26H27N3O3. The summed E-state index contributed by atoms with van der Waals surface area (Å²) in [5, 5.41) is 5.65. The van der Waals surface area contributed by atoms with Crippen molar-refractivity contribution in [1.82, 2.24) is 14.7 Å². The maximum atomic E-state index is 13.4. The van der Waals surface area contributed by atoms with E-state index in [1.54, 1.807) is 6.26 Å². The van der Waals surface area contributed by atoms with Crippen LogP contribution in [0.2, 0.25) is 0 Å². The lowest BCUT2D eigenvalue weighted by molar-refractivity contribution is 0.0737. The van der Waals surface area contributed by atoms with Crippen LogP contribution in [-0.4, -0.2) is 46.9 Å². The van der Waals surface area contributed by atoms with E-state index in [0.29, 0.717) is 31.9 Å². The summed E-state index contributed by atoms with van der Waals surface area (Å²) in [5.41, 5.74) is 5.67. The summed E-state index contributed by atoms with van der Waals surface area (Å²) in [6.45, 7) is 6.45. The van der Waals surface area contributed by atoms with Gasteiger partial charge in [-0.05, 0) is 62.2 Å². The van der Waals surface area contributed by atoms with Gasteiger partial charge in [0.1, 0.15) is 5.58 Å². The monoisotopic (exact) mass is 429 g/mol. The van der Waals surface area contributed by atoms with E-state index < -0.39 is 0 Å². The van der Waals surface area contributed by atoms with Crippen molar-refractivity contribution in [2.75, 3.05) is 26.3 Å². The first-order chi connectivity index (χ1) is 15.6. The molecule has 1 atom stereocenters. The maximum absolute atomic E-state index is 13.4. The van der Waals surface area contributed by atoms with Gasteiger partial charge in [0.15, 0.2) is 0 Å². The molecule has 1 aliphatic rings. The molecule has 0 N–H and O–H groups in total. The van der Waals surface area contributed by atoms with Crippen molar-refractivity contribution in [2.24, 2.45) is 5.92 Å². The number of hydrogen-bond acceptors (Lipinski definition) is 4. The number of carbonyl (C=O) groups is 1. The Hall–Kier alpha value is -3.38. The number of nitrogens with zero attached hydrogens (tertiary/aromatic N) is 3. The summed E-state index contributed by atoms with van der Waals surface area (Å²) in [6.07, 6.45) is 2.55. The van der Waals surface area contributed by atoms with E-state index in [-0.39, 0.29) is 11.8 Å². The molecule has 1 saturated heterocycles. The van der Waals surface area contributed by atoms with Crippen molar-refractivity contribution >= 4 is 16.9 Å². The average Bonchev–Trinajstić information content (AvgIpc) is 3.32. The number of aryl methyl sites for hydroxylation is 2. The summed E-state index contributed by atoms with van der Waals surface area (Å²) < 4.78 is 13.3. The Labute approximate surface area is 187 Å². The van der Waals surface area contributed by atoms with Gasteiger partial charge >= 0.3 is 0 Å². The van der Waals surface area contributed by atoms with Gasteiger partial charge in [0.05, 0.1) is 30.9 Å². The third kappa shape index (κ3) is 4.18. The lowest BCUT2D eigenvalue weighted by Crippen LogP contribution is -2.36. The molecule has 0 aliphatic carbocycles. The first kappa shape index (κ1) is 20.5. The standard InChI is InChI=1S/C26H27N3O3/c1-18-12-19(2)29(27-18)24-5-3-4-23(15-24)26(30)28-9-11-31-17-21(16-28)13-20-6-7-22-8-10-32-25(22)14-20/h3-8,10,12,14-15,21H,9,11,13,16-17H2,1-2H3/t21-/m0/s1. The predicted octanol–water partition coefficient (Wildman–Crippen LogP) is 4.57. The molecule has 3 heterocycles. The highest BCUT2D eigenvalue weighted by molar-refractivity contribution is 5.94. The normalized spacial score (nSPS) is 16.9. The van der Waals surface area contributed by atoms with Crippen LogP contribution in [-0.2, 0) is 11.2 Å². The van der Waals surface area contributed by atoms with E-state index in [0.717, 1.165) is 34.5 Å². The average molecular weight is 430 g/mol. The number of furan rings is 1. The Balaban J connectivity index is 1.33. The smallest absolute Gasteiger partial charge is 0.254 e. The SMILES string of the molecule is Cc1cc(C)n(-c2cccc(C(=O)N3CCOC[C@@H](Cc4ccc5ccoc5c4)C3)c2)n1. The van der Waals surface area contributed by atoms with Gasteiger partial charge in [-0.25, -0.2) is 4.68 Å². The Kier molecular flexibility index (Phi) is 5.53. The summed E-state index contributed by atoms with van der Waals surface area (Å²) in [6, 6.07) is 18.0. The molecule has 6 heteroatoms. The van der Waals surface area contributed by atoms with Crippen LogP contribution in [0.25, 0.3) is 16.7 Å². The molecule has 0 radical (unpaired) electrons. The van der Waals surface area contributed by atoms with Gasteiger partial charge in [0, 0.05) is 35.7 Å². The summed E-state index contributed by atoms with van der Waals surface area (Å²) in [5.74, 6) is 0.262. The fraction of sp³-hybridized carbons (Fsp3) is 0.308. The molecule has 164 valence electrons. The predicted molar refractivity (Wildman–Crippen MR) is 123 cm³/mol. The summed E-state index contributed by atoms with van der Waals surface area (Å²) in [4.78, 5) is 15.3. The molecule has 1 amide bonds. The van der Waals surface area contributed by atoms with Crippen LogP contribution < -0.4 is 0 Å². The van der Waals surface area contributed by atoms with Crippen LogP contribution in [0.15, 0.2) is 65.3 Å². The second kappa shape index (κ2) is 8.63. The first-order valence-electron chi connectivity index (χ1n) is 11.0. The Morgan fingerprint density at radius 3 is 2.88 bits per heavy atom. The molecule has 32 heavy (non-hydrogen) atoms. The molecule has 0 spiro atoms. The summed E-state index contributed by atoms with van der Waals surface area (Å²) >= 11 is 0. The lowest BCUT2D eigenvalue weighted by Gasteiger charge is -2.24. The second-order valence-electron chi connectivity index (χ2n) is 8.58. The first-order valence-corrected chi connectivity index (χ1v) is 11.0. The zero-order chi connectivity index (χ0) is 22.1. The highest BCUT2D eigenvalue weighted by atomic mass is 16.5. The van der Waals surface area contributed by atoms with Crippen LogP contribution in [0.5, 0.6) is 0 Å². The zero-order valence-electron chi connectivity index (χ0n) is 18.5. The van der Waals surface area contributed by atoms with E-state index in [4.69, 9.17) is 9.15 Å². The Morgan fingerprint density at radius 2 is 2.03 bits per heavy atom. The molecule has 1 fully saturated rings. The fourth-order valence-corrected chi connectivity index (χ4v) is 4.49. The highest BCUT2D eigenvalue weighted by Crippen LogP contribution is 2.22. The van der Waals surface area contributed by atoms with Crippen molar-refractivity contribution in [1.29, 1.82) is 0 Å². The zero-order valence-corrected chi connectivity index (χ0v) is 18.5. The molecule has 4 aromatic rings. The van der Waals surface area contributed by atoms with Crippen LogP contribution in [0, 0.1) is 19.8 Å². The molecule has 2 aromatic carbocycles. The van der Waals surface area contributed by atoms with Crippen LogP contribution in [0.1, 0.15) is 27.3 Å². The number of amides is 1. The van der Waals surface area contributed by atoms with Gasteiger partial charge < -0.3 is 14.1 Å². The van der Waals surface area contributed by atoms with Gasteiger partial charge in [-0.1, -0.05) is 18.2 Å². The molecule has 0 unspecified atom stereocenters. The van der Waals surface area contributed by atoms with E-state index >= 15 is 0 Å². The third-order valence-electron chi connectivity index (χ3n) is 6.02. The van der Waals surface area contributed by atoms with Crippen molar-refractivity contribution in [2.45, 2.75) is 20.3 Å². The van der Waals surface area contributed by atoms with E-state index in [2.05, 4.69) is 23.3 Å². The molecule has 0 saturated carbocycles. The van der Waals surface area contributed by atoms with Crippen molar-refractivity contribution < 1.29 is 13.9 Å². The van der Waals surface area contributed by atoms with Crippen LogP contribution >= 0.6 is 0 Å². The molecule has 0 bridgehead atoms. The van der Waals surface area contributed by atoms with Crippen LogP contribution in [0.3, 0.4) is 0 Å². The fourth-order valence-electron chi connectivity index (χ4n) is 4.49. The minimum atomic E-state index is 0.0327. The second-order valence-corrected chi connectivity index (χ2v) is 8.58. The molecule has 6 nitrogen and oxygen atoms in total. The number of ether oxygens (including phenoxy) is 1. The molecule has 2 aromatic heterocycles. The van der Waals surface area contributed by atoms with Gasteiger partial charge in [-0.15, -0.1) is 0 Å². The number of hydrogen-bond donors (Lipinski definition) is 0. The Bertz CT molecular complexity index is 1260. The van der Waals surface area contributed by atoms with Crippen LogP contribution in [0.4, 0.5) is 0 Å². The van der Waals surface area contributed by atoms with E-state index in [1.165, 1.54) is 5.56 Å². The van der Waals surface area contributed by atoms with Gasteiger partial charge in [0.2, 0.25) is 0 Å². The Morgan fingerprint density at radius 1 is 1.12 bits per heavy atom. The minimum absolute atomic E-state index is 0.0327.